The van der Waals surface area contributed by atoms with Crippen LogP contribution in [0.25, 0.3) is 0 Å². The van der Waals surface area contributed by atoms with E-state index >= 15 is 0 Å². The molecular weight excluding hydrogens is 192 g/mol. The summed E-state index contributed by atoms with van der Waals surface area (Å²) in [5.41, 5.74) is 1.05. The lowest BCUT2D eigenvalue weighted by atomic mass is 9.93. The largest absolute Gasteiger partial charge is 0.432 e. The lowest BCUT2D eigenvalue weighted by Crippen LogP contribution is -2.36. The first-order valence-corrected chi connectivity index (χ1v) is 5.36. The summed E-state index contributed by atoms with van der Waals surface area (Å²) in [6.07, 6.45) is 1.75. The van der Waals surface area contributed by atoms with Crippen LogP contribution in [0.15, 0.2) is 10.7 Å². The fourth-order valence-electron chi connectivity index (χ4n) is 1.51. The number of oxazole rings is 1. The summed E-state index contributed by atoms with van der Waals surface area (Å²) in [6.45, 7) is 9.64. The summed E-state index contributed by atoms with van der Waals surface area (Å²) in [6, 6.07) is 0.725. The van der Waals surface area contributed by atoms with Crippen molar-refractivity contribution in [3.63, 3.8) is 0 Å². The van der Waals surface area contributed by atoms with Crippen LogP contribution in [0.3, 0.4) is 0 Å². The molecule has 15 heavy (non-hydrogen) atoms. The van der Waals surface area contributed by atoms with Gasteiger partial charge in [-0.2, -0.15) is 4.98 Å². The standard InChI is InChI=1S/C11H18N2O2/c1-11(2,3)9-8-15-10(12-9)13-4-6-14-7-5-13/h8H,4-7H2,1-3H3. The topological polar surface area (TPSA) is 38.5 Å². The maximum atomic E-state index is 5.49. The van der Waals surface area contributed by atoms with Crippen molar-refractivity contribution in [1.82, 2.24) is 4.98 Å². The van der Waals surface area contributed by atoms with Crippen molar-refractivity contribution >= 4 is 6.01 Å². The second-order valence-corrected chi connectivity index (χ2v) is 4.86. The van der Waals surface area contributed by atoms with E-state index in [-0.39, 0.29) is 5.41 Å². The minimum atomic E-state index is 0.0496. The molecule has 2 heterocycles. The molecule has 0 radical (unpaired) electrons. The first kappa shape index (κ1) is 10.5. The Morgan fingerprint density at radius 2 is 1.93 bits per heavy atom. The van der Waals surface area contributed by atoms with Gasteiger partial charge in [-0.3, -0.25) is 0 Å². The Kier molecular flexibility index (Phi) is 2.69. The molecule has 4 heteroatoms. The van der Waals surface area contributed by atoms with Crippen molar-refractivity contribution in [1.29, 1.82) is 0 Å². The summed E-state index contributed by atoms with van der Waals surface area (Å²) < 4.78 is 10.8. The molecule has 0 atom stereocenters. The first-order valence-electron chi connectivity index (χ1n) is 5.36. The Bertz CT molecular complexity index is 322. The zero-order chi connectivity index (χ0) is 10.9. The van der Waals surface area contributed by atoms with Gasteiger partial charge in [-0.25, -0.2) is 0 Å². The first-order chi connectivity index (χ1) is 7.07. The second-order valence-electron chi connectivity index (χ2n) is 4.86. The van der Waals surface area contributed by atoms with Crippen LogP contribution in [0.4, 0.5) is 6.01 Å². The van der Waals surface area contributed by atoms with Crippen molar-refractivity contribution in [2.24, 2.45) is 0 Å². The smallest absolute Gasteiger partial charge is 0.297 e. The number of ether oxygens (including phenoxy) is 1. The average molecular weight is 210 g/mol. The molecule has 0 spiro atoms. The second kappa shape index (κ2) is 3.85. The van der Waals surface area contributed by atoms with Gasteiger partial charge in [-0.15, -0.1) is 0 Å². The van der Waals surface area contributed by atoms with E-state index in [4.69, 9.17) is 9.15 Å². The van der Waals surface area contributed by atoms with Crippen LogP contribution in [-0.2, 0) is 10.2 Å². The van der Waals surface area contributed by atoms with E-state index in [9.17, 15) is 0 Å². The maximum absolute atomic E-state index is 5.49. The highest BCUT2D eigenvalue weighted by molar-refractivity contribution is 5.29. The van der Waals surface area contributed by atoms with E-state index < -0.39 is 0 Å². The van der Waals surface area contributed by atoms with Crippen LogP contribution in [0.2, 0.25) is 0 Å². The predicted octanol–water partition coefficient (Wildman–Crippen LogP) is 1.81. The minimum Gasteiger partial charge on any atom is -0.432 e. The molecule has 0 saturated carbocycles. The molecule has 1 saturated heterocycles. The lowest BCUT2D eigenvalue weighted by Gasteiger charge is -2.25. The van der Waals surface area contributed by atoms with Gasteiger partial charge in [0.15, 0.2) is 0 Å². The zero-order valence-corrected chi connectivity index (χ0v) is 9.62. The number of rotatable bonds is 1. The highest BCUT2D eigenvalue weighted by atomic mass is 16.5. The SMILES string of the molecule is CC(C)(C)c1coc(N2CCOCC2)n1. The van der Waals surface area contributed by atoms with E-state index in [1.165, 1.54) is 0 Å². The predicted molar refractivity (Wildman–Crippen MR) is 58.2 cm³/mol. The molecule has 1 aliphatic rings. The number of morpholine rings is 1. The molecular formula is C11H18N2O2. The highest BCUT2D eigenvalue weighted by Crippen LogP contribution is 2.24. The van der Waals surface area contributed by atoms with Gasteiger partial charge in [-0.1, -0.05) is 20.8 Å². The number of hydrogen-bond donors (Lipinski definition) is 0. The van der Waals surface area contributed by atoms with Crippen molar-refractivity contribution in [2.75, 3.05) is 31.2 Å². The summed E-state index contributed by atoms with van der Waals surface area (Å²) >= 11 is 0. The number of anilines is 1. The van der Waals surface area contributed by atoms with Crippen LogP contribution in [-0.4, -0.2) is 31.3 Å². The minimum absolute atomic E-state index is 0.0496. The van der Waals surface area contributed by atoms with Crippen molar-refractivity contribution in [3.05, 3.63) is 12.0 Å². The molecule has 1 fully saturated rings. The normalized spacial score (nSPS) is 18.2. The molecule has 0 aliphatic carbocycles. The van der Waals surface area contributed by atoms with Crippen molar-refractivity contribution in [2.45, 2.75) is 26.2 Å². The Labute approximate surface area is 90.2 Å². The van der Waals surface area contributed by atoms with Gasteiger partial charge in [-0.05, 0) is 0 Å². The van der Waals surface area contributed by atoms with Gasteiger partial charge in [0.25, 0.3) is 6.01 Å². The Hall–Kier alpha value is -1.03. The third-order valence-corrected chi connectivity index (χ3v) is 2.54. The van der Waals surface area contributed by atoms with Crippen molar-refractivity contribution in [3.8, 4) is 0 Å². The van der Waals surface area contributed by atoms with Gasteiger partial charge >= 0.3 is 0 Å². The molecule has 1 aliphatic heterocycles. The quantitative estimate of drug-likeness (QED) is 0.708. The van der Waals surface area contributed by atoms with Crippen LogP contribution < -0.4 is 4.90 Å². The monoisotopic (exact) mass is 210 g/mol. The lowest BCUT2D eigenvalue weighted by molar-refractivity contribution is 0.120. The Morgan fingerprint density at radius 1 is 1.27 bits per heavy atom. The van der Waals surface area contributed by atoms with E-state index in [2.05, 4.69) is 30.7 Å². The van der Waals surface area contributed by atoms with Gasteiger partial charge in [0, 0.05) is 18.5 Å². The number of nitrogens with zero attached hydrogens (tertiary/aromatic N) is 2. The number of aromatic nitrogens is 1. The van der Waals surface area contributed by atoms with E-state index in [1.807, 2.05) is 0 Å². The molecule has 0 N–H and O–H groups in total. The summed E-state index contributed by atoms with van der Waals surface area (Å²) in [4.78, 5) is 6.63. The summed E-state index contributed by atoms with van der Waals surface area (Å²) in [7, 11) is 0. The Morgan fingerprint density at radius 3 is 2.47 bits per heavy atom. The molecule has 84 valence electrons. The fourth-order valence-corrected chi connectivity index (χ4v) is 1.51. The third kappa shape index (κ3) is 2.31. The van der Waals surface area contributed by atoms with Gasteiger partial charge in [0.2, 0.25) is 0 Å². The van der Waals surface area contributed by atoms with E-state index in [0.29, 0.717) is 0 Å². The number of hydrogen-bond acceptors (Lipinski definition) is 4. The molecule has 0 aromatic carbocycles. The van der Waals surface area contributed by atoms with Crippen molar-refractivity contribution < 1.29 is 9.15 Å². The average Bonchev–Trinajstić information content (AvgIpc) is 2.67. The van der Waals surface area contributed by atoms with Crippen LogP contribution in [0.1, 0.15) is 26.5 Å². The van der Waals surface area contributed by atoms with E-state index in [1.54, 1.807) is 6.26 Å². The molecule has 1 aromatic rings. The van der Waals surface area contributed by atoms with Gasteiger partial charge < -0.3 is 14.1 Å². The maximum Gasteiger partial charge on any atom is 0.297 e. The molecule has 2 rings (SSSR count). The van der Waals surface area contributed by atoms with Crippen LogP contribution in [0, 0.1) is 0 Å². The Balaban J connectivity index is 2.12. The van der Waals surface area contributed by atoms with E-state index in [0.717, 1.165) is 38.0 Å². The molecule has 1 aromatic heterocycles. The third-order valence-electron chi connectivity index (χ3n) is 2.54. The van der Waals surface area contributed by atoms with Gasteiger partial charge in [0.1, 0.15) is 6.26 Å². The summed E-state index contributed by atoms with van der Waals surface area (Å²) in [5.74, 6) is 0. The molecule has 0 amide bonds. The van der Waals surface area contributed by atoms with Crippen LogP contribution >= 0.6 is 0 Å². The molecule has 0 bridgehead atoms. The van der Waals surface area contributed by atoms with Crippen LogP contribution in [0.5, 0.6) is 0 Å². The van der Waals surface area contributed by atoms with Gasteiger partial charge in [0.05, 0.1) is 18.9 Å². The molecule has 0 unspecified atom stereocenters. The summed E-state index contributed by atoms with van der Waals surface area (Å²) in [5, 5.41) is 0. The molecule has 4 nitrogen and oxygen atoms in total. The highest BCUT2D eigenvalue weighted by Gasteiger charge is 2.22. The zero-order valence-electron chi connectivity index (χ0n) is 9.62. The fraction of sp³-hybridized carbons (Fsp3) is 0.727.